The maximum Gasteiger partial charge on any atom is 0.332 e. The highest BCUT2D eigenvalue weighted by Gasteiger charge is 2.14. The second-order valence-electron chi connectivity index (χ2n) is 2.26. The van der Waals surface area contributed by atoms with Crippen LogP contribution in [-0.4, -0.2) is 22.3 Å². The van der Waals surface area contributed by atoms with Gasteiger partial charge >= 0.3 is 5.97 Å². The average Bonchev–Trinajstić information content (AvgIpc) is 2.35. The summed E-state index contributed by atoms with van der Waals surface area (Å²) in [6.45, 7) is 0. The summed E-state index contributed by atoms with van der Waals surface area (Å²) in [6, 6.07) is 3.62. The lowest BCUT2D eigenvalue weighted by atomic mass is 10.2. The van der Waals surface area contributed by atoms with Gasteiger partial charge in [-0.2, -0.15) is 0 Å². The van der Waals surface area contributed by atoms with E-state index < -0.39 is 12.1 Å². The Morgan fingerprint density at radius 2 is 2.33 bits per heavy atom. The highest BCUT2D eigenvalue weighted by atomic mass is 79.9. The van der Waals surface area contributed by atoms with E-state index in [-0.39, 0.29) is 6.42 Å². The second-order valence-corrected chi connectivity index (χ2v) is 4.81. The van der Waals surface area contributed by atoms with Crippen LogP contribution in [0, 0.1) is 0 Å². The number of carboxylic acid groups (broad SMARTS) is 1. The van der Waals surface area contributed by atoms with Gasteiger partial charge in [-0.1, -0.05) is 0 Å². The van der Waals surface area contributed by atoms with Crippen molar-refractivity contribution in [2.45, 2.75) is 12.5 Å². The molecular formula is C7H7BrO3S. The van der Waals surface area contributed by atoms with E-state index in [1.165, 1.54) is 11.3 Å². The molecule has 0 amide bonds. The van der Waals surface area contributed by atoms with Gasteiger partial charge in [-0.3, -0.25) is 0 Å². The molecule has 1 aromatic heterocycles. The van der Waals surface area contributed by atoms with Gasteiger partial charge in [-0.05, 0) is 28.1 Å². The van der Waals surface area contributed by atoms with Crippen LogP contribution in [0.2, 0.25) is 0 Å². The molecule has 3 nitrogen and oxygen atoms in total. The Bertz CT molecular complexity index is 284. The molecule has 12 heavy (non-hydrogen) atoms. The van der Waals surface area contributed by atoms with Crippen molar-refractivity contribution in [1.82, 2.24) is 0 Å². The number of hydrogen-bond acceptors (Lipinski definition) is 3. The number of halogens is 1. The first kappa shape index (κ1) is 9.70. The lowest BCUT2D eigenvalue weighted by Gasteiger charge is -2.01. The lowest BCUT2D eigenvalue weighted by Crippen LogP contribution is -2.21. The molecular weight excluding hydrogens is 244 g/mol. The van der Waals surface area contributed by atoms with Crippen molar-refractivity contribution in [3.05, 3.63) is 20.8 Å². The summed E-state index contributed by atoms with van der Waals surface area (Å²) in [5.41, 5.74) is 0. The van der Waals surface area contributed by atoms with E-state index >= 15 is 0 Å². The minimum absolute atomic E-state index is 0.172. The summed E-state index contributed by atoms with van der Waals surface area (Å²) in [7, 11) is 0. The smallest absolute Gasteiger partial charge is 0.332 e. The van der Waals surface area contributed by atoms with Gasteiger partial charge < -0.3 is 10.2 Å². The van der Waals surface area contributed by atoms with Crippen LogP contribution in [0.1, 0.15) is 4.88 Å². The quantitative estimate of drug-likeness (QED) is 0.855. The monoisotopic (exact) mass is 250 g/mol. The van der Waals surface area contributed by atoms with Gasteiger partial charge in [-0.25, -0.2) is 4.79 Å². The van der Waals surface area contributed by atoms with Crippen LogP contribution in [0.25, 0.3) is 0 Å². The number of aliphatic carboxylic acids is 1. The fourth-order valence-corrected chi connectivity index (χ4v) is 2.26. The van der Waals surface area contributed by atoms with Crippen molar-refractivity contribution in [2.75, 3.05) is 0 Å². The molecule has 0 saturated heterocycles. The maximum atomic E-state index is 10.3. The highest BCUT2D eigenvalue weighted by Crippen LogP contribution is 2.23. The van der Waals surface area contributed by atoms with Crippen molar-refractivity contribution in [1.29, 1.82) is 0 Å². The molecule has 0 radical (unpaired) electrons. The topological polar surface area (TPSA) is 57.5 Å². The van der Waals surface area contributed by atoms with Crippen LogP contribution >= 0.6 is 27.3 Å². The molecule has 0 aromatic carbocycles. The van der Waals surface area contributed by atoms with E-state index in [4.69, 9.17) is 10.2 Å². The zero-order valence-corrected chi connectivity index (χ0v) is 8.43. The average molecular weight is 251 g/mol. The Hall–Kier alpha value is -0.390. The molecule has 0 aliphatic heterocycles. The van der Waals surface area contributed by atoms with Crippen LogP contribution in [-0.2, 0) is 11.2 Å². The zero-order valence-electron chi connectivity index (χ0n) is 6.03. The van der Waals surface area contributed by atoms with Crippen molar-refractivity contribution in [3.8, 4) is 0 Å². The summed E-state index contributed by atoms with van der Waals surface area (Å²) < 4.78 is 0.940. The van der Waals surface area contributed by atoms with E-state index in [2.05, 4.69) is 15.9 Å². The molecule has 1 rings (SSSR count). The Morgan fingerprint density at radius 1 is 1.67 bits per heavy atom. The van der Waals surface area contributed by atoms with Gasteiger partial charge in [0.25, 0.3) is 0 Å². The Balaban J connectivity index is 2.58. The van der Waals surface area contributed by atoms with Gasteiger partial charge in [-0.15, -0.1) is 11.3 Å². The Kier molecular flexibility index (Phi) is 3.25. The minimum Gasteiger partial charge on any atom is -0.479 e. The number of carboxylic acids is 1. The Morgan fingerprint density at radius 3 is 2.75 bits per heavy atom. The van der Waals surface area contributed by atoms with E-state index in [9.17, 15) is 4.79 Å². The lowest BCUT2D eigenvalue weighted by molar-refractivity contribution is -0.146. The standard InChI is InChI=1S/C7H7BrO3S/c8-6-2-1-4(12-6)3-5(9)7(10)11/h1-2,5,9H,3H2,(H,10,11)/t5-/m0/s1. The molecule has 1 aromatic rings. The van der Waals surface area contributed by atoms with E-state index in [0.717, 1.165) is 8.66 Å². The van der Waals surface area contributed by atoms with E-state index in [0.29, 0.717) is 0 Å². The third kappa shape index (κ3) is 2.58. The van der Waals surface area contributed by atoms with Gasteiger partial charge in [0.05, 0.1) is 3.79 Å². The summed E-state index contributed by atoms with van der Waals surface area (Å²) in [4.78, 5) is 11.1. The first-order valence-corrected chi connectivity index (χ1v) is 4.85. The summed E-state index contributed by atoms with van der Waals surface area (Å²) in [5.74, 6) is -1.18. The highest BCUT2D eigenvalue weighted by molar-refractivity contribution is 9.11. The van der Waals surface area contributed by atoms with Crippen molar-refractivity contribution in [2.24, 2.45) is 0 Å². The number of carbonyl (C=O) groups is 1. The van der Waals surface area contributed by atoms with E-state index in [1.54, 1.807) is 6.07 Å². The van der Waals surface area contributed by atoms with Gasteiger partial charge in [0.1, 0.15) is 0 Å². The van der Waals surface area contributed by atoms with Crippen LogP contribution in [0.5, 0.6) is 0 Å². The predicted octanol–water partition coefficient (Wildman–Crippen LogP) is 1.50. The summed E-state index contributed by atoms with van der Waals surface area (Å²) in [6.07, 6.45) is -1.12. The van der Waals surface area contributed by atoms with E-state index in [1.807, 2.05) is 6.07 Å². The maximum absolute atomic E-state index is 10.3. The third-order valence-electron chi connectivity index (χ3n) is 1.31. The van der Waals surface area contributed by atoms with Crippen LogP contribution in [0.3, 0.4) is 0 Å². The first-order valence-electron chi connectivity index (χ1n) is 3.24. The zero-order chi connectivity index (χ0) is 9.14. The summed E-state index contributed by atoms with van der Waals surface area (Å²) >= 11 is 4.68. The number of hydrogen-bond donors (Lipinski definition) is 2. The third-order valence-corrected chi connectivity index (χ3v) is 2.95. The minimum atomic E-state index is -1.30. The molecule has 5 heteroatoms. The second kappa shape index (κ2) is 4.02. The number of aliphatic hydroxyl groups excluding tert-OH is 1. The molecule has 0 aliphatic rings. The molecule has 0 saturated carbocycles. The van der Waals surface area contributed by atoms with Gasteiger partial charge in [0.15, 0.2) is 6.10 Å². The number of aliphatic hydroxyl groups is 1. The number of rotatable bonds is 3. The first-order chi connectivity index (χ1) is 5.59. The van der Waals surface area contributed by atoms with Crippen molar-refractivity contribution < 1.29 is 15.0 Å². The van der Waals surface area contributed by atoms with Crippen LogP contribution < -0.4 is 0 Å². The molecule has 0 aliphatic carbocycles. The Labute approximate surface area is 81.8 Å². The van der Waals surface area contributed by atoms with Crippen molar-refractivity contribution in [3.63, 3.8) is 0 Å². The van der Waals surface area contributed by atoms with Gasteiger partial charge in [0.2, 0.25) is 0 Å². The van der Waals surface area contributed by atoms with Gasteiger partial charge in [0, 0.05) is 11.3 Å². The fourth-order valence-electron chi connectivity index (χ4n) is 0.739. The number of thiophene rings is 1. The molecule has 1 heterocycles. The molecule has 1 atom stereocenters. The van der Waals surface area contributed by atoms with Crippen LogP contribution in [0.15, 0.2) is 15.9 Å². The molecule has 2 N–H and O–H groups in total. The molecule has 66 valence electrons. The predicted molar refractivity (Wildman–Crippen MR) is 49.4 cm³/mol. The SMILES string of the molecule is O=C(O)[C@@H](O)Cc1ccc(Br)s1. The van der Waals surface area contributed by atoms with Crippen LogP contribution in [0.4, 0.5) is 0 Å². The normalized spacial score (nSPS) is 12.8. The molecule has 0 fully saturated rings. The molecule has 0 bridgehead atoms. The summed E-state index contributed by atoms with van der Waals surface area (Å²) in [5, 5.41) is 17.4. The molecule has 0 unspecified atom stereocenters. The molecule has 0 spiro atoms. The van der Waals surface area contributed by atoms with Crippen molar-refractivity contribution >= 4 is 33.2 Å². The fraction of sp³-hybridized carbons (Fsp3) is 0.286. The largest absolute Gasteiger partial charge is 0.479 e.